The molecule has 1 fully saturated rings. The number of aromatic carboxylic acids is 1. The van der Waals surface area contributed by atoms with Crippen molar-refractivity contribution < 1.29 is 14.3 Å². The average Bonchev–Trinajstić information content (AvgIpc) is 3.33. The van der Waals surface area contributed by atoms with Gasteiger partial charge in [-0.15, -0.1) is 0 Å². The number of hydrogen-bond acceptors (Lipinski definition) is 4. The molecule has 1 aromatic carbocycles. The van der Waals surface area contributed by atoms with Gasteiger partial charge in [0.1, 0.15) is 17.6 Å². The third-order valence-corrected chi connectivity index (χ3v) is 5.36. The van der Waals surface area contributed by atoms with E-state index in [2.05, 4.69) is 29.0 Å². The minimum Gasteiger partial charge on any atom is -0.478 e. The maximum atomic E-state index is 11.6. The van der Waals surface area contributed by atoms with Crippen LogP contribution in [-0.2, 0) is 0 Å². The van der Waals surface area contributed by atoms with Crippen molar-refractivity contribution >= 4 is 23.3 Å². The Hall–Kier alpha value is -3.19. The van der Waals surface area contributed by atoms with Gasteiger partial charge in [-0.3, -0.25) is 4.98 Å². The molecule has 1 aliphatic heterocycles. The minimum absolute atomic E-state index is 0.147. The van der Waals surface area contributed by atoms with Gasteiger partial charge in [0.25, 0.3) is 0 Å². The second kappa shape index (κ2) is 7.67. The number of pyridine rings is 1. The lowest BCUT2D eigenvalue weighted by Crippen LogP contribution is -2.35. The summed E-state index contributed by atoms with van der Waals surface area (Å²) in [5.74, 6) is 0.230. The zero-order valence-corrected chi connectivity index (χ0v) is 16.9. The van der Waals surface area contributed by atoms with E-state index in [-0.39, 0.29) is 23.7 Å². The normalized spacial score (nSPS) is 18.9. The zero-order valence-electron chi connectivity index (χ0n) is 16.1. The Morgan fingerprint density at radius 1 is 1.17 bits per heavy atom. The smallest absolute Gasteiger partial charge is 0.336 e. The lowest BCUT2D eigenvalue weighted by atomic mass is 10.0. The molecule has 6 nitrogen and oxygen atoms in total. The summed E-state index contributed by atoms with van der Waals surface area (Å²) in [6.45, 7) is 4.15. The lowest BCUT2D eigenvalue weighted by Gasteiger charge is -2.29. The van der Waals surface area contributed by atoms with Crippen molar-refractivity contribution in [3.8, 4) is 11.3 Å². The van der Waals surface area contributed by atoms with Gasteiger partial charge in [-0.1, -0.05) is 24.3 Å². The summed E-state index contributed by atoms with van der Waals surface area (Å²) in [7, 11) is 0. The molecule has 0 amide bonds. The first-order chi connectivity index (χ1) is 14.0. The van der Waals surface area contributed by atoms with Crippen molar-refractivity contribution in [2.75, 3.05) is 0 Å². The Morgan fingerprint density at radius 2 is 1.93 bits per heavy atom. The third-order valence-electron chi connectivity index (χ3n) is 5.03. The monoisotopic (exact) mass is 407 g/mol. The SMILES string of the molecule is CC(C)N1C(=S)N[C@H](c2ccccn2)[C@H]1c1ccc(-c2ccccc2C(=O)O)o1. The predicted octanol–water partition coefficient (Wildman–Crippen LogP) is 4.42. The zero-order chi connectivity index (χ0) is 20.5. The number of carboxylic acid groups (broad SMARTS) is 1. The van der Waals surface area contributed by atoms with Crippen LogP contribution in [0.5, 0.6) is 0 Å². The van der Waals surface area contributed by atoms with E-state index in [9.17, 15) is 9.90 Å². The van der Waals surface area contributed by atoms with Crippen LogP contribution < -0.4 is 5.32 Å². The van der Waals surface area contributed by atoms with Gasteiger partial charge in [-0.2, -0.15) is 0 Å². The Labute approximate surface area is 174 Å². The molecule has 0 unspecified atom stereocenters. The number of carboxylic acids is 1. The van der Waals surface area contributed by atoms with Gasteiger partial charge >= 0.3 is 5.97 Å². The van der Waals surface area contributed by atoms with Crippen LogP contribution in [0.4, 0.5) is 0 Å². The third kappa shape index (κ3) is 3.49. The topological polar surface area (TPSA) is 78.6 Å². The molecular formula is C22H21N3O3S. The van der Waals surface area contributed by atoms with E-state index >= 15 is 0 Å². The summed E-state index contributed by atoms with van der Waals surface area (Å²) in [5, 5.41) is 13.5. The molecule has 3 heterocycles. The van der Waals surface area contributed by atoms with Gasteiger partial charge < -0.3 is 19.7 Å². The molecular weight excluding hydrogens is 386 g/mol. The van der Waals surface area contributed by atoms with E-state index in [0.717, 1.165) is 5.69 Å². The second-order valence-electron chi connectivity index (χ2n) is 7.18. The van der Waals surface area contributed by atoms with E-state index < -0.39 is 5.97 Å². The standard InChI is InChI=1S/C22H21N3O3S/c1-13(2)25-20(19(24-22(25)29)16-9-5-6-12-23-16)18-11-10-17(28-18)14-7-3-4-8-15(14)21(26)27/h3-13,19-20H,1-2H3,(H,24,29)(H,26,27)/t19-,20-/m1/s1. The first-order valence-corrected chi connectivity index (χ1v) is 9.80. The number of rotatable bonds is 5. The fourth-order valence-electron chi connectivity index (χ4n) is 3.77. The van der Waals surface area contributed by atoms with Gasteiger partial charge in [0.05, 0.1) is 17.3 Å². The van der Waals surface area contributed by atoms with Crippen molar-refractivity contribution in [3.05, 3.63) is 77.8 Å². The molecule has 1 saturated heterocycles. The summed E-state index contributed by atoms with van der Waals surface area (Å²) in [5.41, 5.74) is 1.62. The van der Waals surface area contributed by atoms with Crippen LogP contribution in [0.3, 0.4) is 0 Å². The molecule has 4 rings (SSSR count). The van der Waals surface area contributed by atoms with E-state index in [1.54, 1.807) is 30.5 Å². The van der Waals surface area contributed by atoms with Crippen molar-refractivity contribution in [1.29, 1.82) is 0 Å². The minimum atomic E-state index is -0.988. The number of thiocarbonyl (C=S) groups is 1. The fourth-order valence-corrected chi connectivity index (χ4v) is 4.22. The molecule has 0 bridgehead atoms. The van der Waals surface area contributed by atoms with Crippen molar-refractivity contribution in [2.45, 2.75) is 32.0 Å². The summed E-state index contributed by atoms with van der Waals surface area (Å²) in [6.07, 6.45) is 1.76. The number of hydrogen-bond donors (Lipinski definition) is 2. The largest absolute Gasteiger partial charge is 0.478 e. The lowest BCUT2D eigenvalue weighted by molar-refractivity contribution is 0.0697. The second-order valence-corrected chi connectivity index (χ2v) is 7.57. The Bertz CT molecular complexity index is 1050. The first kappa shape index (κ1) is 19.1. The summed E-state index contributed by atoms with van der Waals surface area (Å²) in [6, 6.07) is 16.1. The van der Waals surface area contributed by atoms with E-state index in [1.165, 1.54) is 0 Å². The molecule has 7 heteroatoms. The number of benzene rings is 1. The molecule has 2 N–H and O–H groups in total. The van der Waals surface area contributed by atoms with Crippen LogP contribution in [0.15, 0.2) is 65.2 Å². The van der Waals surface area contributed by atoms with Crippen LogP contribution in [0, 0.1) is 0 Å². The molecule has 2 atom stereocenters. The van der Waals surface area contributed by atoms with Crippen molar-refractivity contribution in [2.24, 2.45) is 0 Å². The molecule has 148 valence electrons. The summed E-state index contributed by atoms with van der Waals surface area (Å²) in [4.78, 5) is 18.2. The highest BCUT2D eigenvalue weighted by molar-refractivity contribution is 7.80. The van der Waals surface area contributed by atoms with Crippen LogP contribution >= 0.6 is 12.2 Å². The number of furan rings is 1. The molecule has 0 saturated carbocycles. The number of aromatic nitrogens is 1. The van der Waals surface area contributed by atoms with Gasteiger partial charge in [0.15, 0.2) is 5.11 Å². The van der Waals surface area contributed by atoms with Crippen LogP contribution in [0.2, 0.25) is 0 Å². The van der Waals surface area contributed by atoms with E-state index in [4.69, 9.17) is 16.6 Å². The maximum Gasteiger partial charge on any atom is 0.336 e. The first-order valence-electron chi connectivity index (χ1n) is 9.39. The van der Waals surface area contributed by atoms with Gasteiger partial charge in [-0.25, -0.2) is 4.79 Å². The van der Waals surface area contributed by atoms with E-state index in [0.29, 0.717) is 22.2 Å². The molecule has 1 aliphatic rings. The molecule has 0 aliphatic carbocycles. The Kier molecular flexibility index (Phi) is 5.07. The van der Waals surface area contributed by atoms with Crippen LogP contribution in [0.25, 0.3) is 11.3 Å². The fraction of sp³-hybridized carbons (Fsp3) is 0.227. The molecule has 3 aromatic rings. The van der Waals surface area contributed by atoms with Crippen molar-refractivity contribution in [1.82, 2.24) is 15.2 Å². The number of nitrogens with one attached hydrogen (secondary N) is 1. The molecule has 0 radical (unpaired) electrons. The quantitative estimate of drug-likeness (QED) is 0.606. The van der Waals surface area contributed by atoms with Crippen molar-refractivity contribution in [3.63, 3.8) is 0 Å². The van der Waals surface area contributed by atoms with Gasteiger partial charge in [-0.05, 0) is 56.4 Å². The predicted molar refractivity (Wildman–Crippen MR) is 114 cm³/mol. The average molecular weight is 407 g/mol. The molecule has 2 aromatic heterocycles. The summed E-state index contributed by atoms with van der Waals surface area (Å²) >= 11 is 5.59. The highest BCUT2D eigenvalue weighted by atomic mass is 32.1. The molecule has 29 heavy (non-hydrogen) atoms. The Balaban J connectivity index is 1.78. The van der Waals surface area contributed by atoms with E-state index in [1.807, 2.05) is 30.3 Å². The Morgan fingerprint density at radius 3 is 2.62 bits per heavy atom. The van der Waals surface area contributed by atoms with Gasteiger partial charge in [0, 0.05) is 17.8 Å². The maximum absolute atomic E-state index is 11.6. The highest BCUT2D eigenvalue weighted by Gasteiger charge is 2.42. The van der Waals surface area contributed by atoms with Crippen LogP contribution in [-0.4, -0.2) is 32.1 Å². The highest BCUT2D eigenvalue weighted by Crippen LogP contribution is 2.41. The molecule has 0 spiro atoms. The van der Waals surface area contributed by atoms with Crippen LogP contribution in [0.1, 0.15) is 47.7 Å². The summed E-state index contributed by atoms with van der Waals surface area (Å²) < 4.78 is 6.19. The number of nitrogens with zero attached hydrogens (tertiary/aromatic N) is 2. The number of carbonyl (C=O) groups is 1. The van der Waals surface area contributed by atoms with Gasteiger partial charge in [0.2, 0.25) is 0 Å².